The van der Waals surface area contributed by atoms with Crippen LogP contribution in [0.15, 0.2) is 29.2 Å². The summed E-state index contributed by atoms with van der Waals surface area (Å²) in [5, 5.41) is 12.4. The van der Waals surface area contributed by atoms with Crippen LogP contribution in [0.2, 0.25) is 0 Å². The molecular formula is C18H26N2O3S. The van der Waals surface area contributed by atoms with Crippen molar-refractivity contribution in [3.05, 3.63) is 24.3 Å². The van der Waals surface area contributed by atoms with E-state index in [1.54, 1.807) is 11.8 Å². The fraction of sp³-hybridized carbons (Fsp3) is 0.556. The first kappa shape index (κ1) is 18.8. The first-order valence-corrected chi connectivity index (χ1v) is 9.39. The van der Waals surface area contributed by atoms with Crippen LogP contribution in [0.4, 0.5) is 5.69 Å². The van der Waals surface area contributed by atoms with Crippen LogP contribution in [0.5, 0.6) is 0 Å². The minimum atomic E-state index is -0.342. The van der Waals surface area contributed by atoms with E-state index < -0.39 is 0 Å². The highest BCUT2D eigenvalue weighted by Crippen LogP contribution is 2.23. The molecule has 0 aromatic heterocycles. The lowest BCUT2D eigenvalue weighted by Crippen LogP contribution is -2.35. The number of carbonyl (C=O) groups is 2. The Bertz CT molecular complexity index is 562. The fourth-order valence-electron chi connectivity index (χ4n) is 2.72. The lowest BCUT2D eigenvalue weighted by Gasteiger charge is -2.24. The smallest absolute Gasteiger partial charge is 0.222 e. The van der Waals surface area contributed by atoms with E-state index in [4.69, 9.17) is 0 Å². The lowest BCUT2D eigenvalue weighted by molar-refractivity contribution is -0.131. The number of amides is 2. The summed E-state index contributed by atoms with van der Waals surface area (Å²) >= 11 is 1.75. The molecule has 1 aromatic carbocycles. The predicted octanol–water partition coefficient (Wildman–Crippen LogP) is 2.75. The van der Waals surface area contributed by atoms with Crippen molar-refractivity contribution in [3.8, 4) is 0 Å². The fourth-order valence-corrected chi connectivity index (χ4v) is 3.63. The van der Waals surface area contributed by atoms with E-state index in [9.17, 15) is 14.7 Å². The zero-order valence-corrected chi connectivity index (χ0v) is 15.1. The zero-order valence-electron chi connectivity index (χ0n) is 14.3. The molecule has 0 radical (unpaired) electrons. The van der Waals surface area contributed by atoms with Crippen molar-refractivity contribution in [3.63, 3.8) is 0 Å². The van der Waals surface area contributed by atoms with E-state index >= 15 is 0 Å². The van der Waals surface area contributed by atoms with Crippen LogP contribution < -0.4 is 5.32 Å². The first-order chi connectivity index (χ1) is 11.4. The van der Waals surface area contributed by atoms with E-state index in [1.807, 2.05) is 29.2 Å². The predicted molar refractivity (Wildman–Crippen MR) is 97.1 cm³/mol. The third-order valence-corrected chi connectivity index (χ3v) is 5.36. The summed E-state index contributed by atoms with van der Waals surface area (Å²) in [6, 6.07) is 7.79. The summed E-state index contributed by atoms with van der Waals surface area (Å²) in [4.78, 5) is 26.1. The molecule has 1 aromatic rings. The molecule has 1 aliphatic heterocycles. The maximum Gasteiger partial charge on any atom is 0.222 e. The van der Waals surface area contributed by atoms with E-state index in [0.29, 0.717) is 31.7 Å². The van der Waals surface area contributed by atoms with Crippen molar-refractivity contribution in [1.82, 2.24) is 4.90 Å². The lowest BCUT2D eigenvalue weighted by atomic mass is 10.2. The number of hydrogen-bond donors (Lipinski definition) is 2. The second-order valence-electron chi connectivity index (χ2n) is 6.44. The van der Waals surface area contributed by atoms with Gasteiger partial charge in [-0.15, -0.1) is 11.8 Å². The molecule has 1 heterocycles. The average Bonchev–Trinajstić information content (AvgIpc) is 2.69. The summed E-state index contributed by atoms with van der Waals surface area (Å²) < 4.78 is 0. The highest BCUT2D eigenvalue weighted by molar-refractivity contribution is 7.99. The number of hydrogen-bond acceptors (Lipinski definition) is 4. The van der Waals surface area contributed by atoms with Crippen LogP contribution in [0.3, 0.4) is 0 Å². The van der Waals surface area contributed by atoms with Crippen molar-refractivity contribution in [2.75, 3.05) is 24.2 Å². The highest BCUT2D eigenvalue weighted by Gasteiger charge is 2.22. The Hall–Kier alpha value is -1.53. The van der Waals surface area contributed by atoms with E-state index in [0.717, 1.165) is 22.9 Å². The van der Waals surface area contributed by atoms with Crippen LogP contribution in [-0.4, -0.2) is 46.8 Å². The Labute approximate surface area is 147 Å². The number of anilines is 1. The number of likely N-dealkylation sites (tertiary alicyclic amines) is 1. The molecule has 2 amide bonds. The number of aliphatic hydroxyl groups excluding tert-OH is 1. The van der Waals surface area contributed by atoms with Crippen molar-refractivity contribution < 1.29 is 14.7 Å². The third-order valence-electron chi connectivity index (χ3n) is 4.02. The van der Waals surface area contributed by atoms with Gasteiger partial charge in [-0.25, -0.2) is 0 Å². The van der Waals surface area contributed by atoms with Crippen molar-refractivity contribution in [2.45, 2.75) is 44.1 Å². The molecule has 0 aliphatic carbocycles. The molecule has 1 aliphatic rings. The number of thioether (sulfide) groups is 1. The molecule has 24 heavy (non-hydrogen) atoms. The van der Waals surface area contributed by atoms with Crippen LogP contribution in [-0.2, 0) is 9.59 Å². The first-order valence-electron chi connectivity index (χ1n) is 8.40. The number of nitrogens with zero attached hydrogens (tertiary/aromatic N) is 1. The molecule has 2 rings (SSSR count). The maximum atomic E-state index is 12.1. The second kappa shape index (κ2) is 9.08. The summed E-state index contributed by atoms with van der Waals surface area (Å²) in [5.41, 5.74) is 0.800. The number of aliphatic hydroxyl groups is 1. The summed E-state index contributed by atoms with van der Waals surface area (Å²) in [6.07, 6.45) is 1.37. The second-order valence-corrected chi connectivity index (χ2v) is 7.54. The molecule has 5 nitrogen and oxygen atoms in total. The largest absolute Gasteiger partial charge is 0.393 e. The number of nitrogens with one attached hydrogen (secondary N) is 1. The molecule has 0 spiro atoms. The molecule has 2 N–H and O–H groups in total. The molecule has 1 fully saturated rings. The molecule has 132 valence electrons. The molecule has 0 bridgehead atoms. The van der Waals surface area contributed by atoms with Crippen LogP contribution >= 0.6 is 11.8 Å². The molecule has 1 saturated heterocycles. The molecular weight excluding hydrogens is 324 g/mol. The maximum absolute atomic E-state index is 12.1. The minimum Gasteiger partial charge on any atom is -0.393 e. The quantitative estimate of drug-likeness (QED) is 0.774. The third kappa shape index (κ3) is 6.17. The van der Waals surface area contributed by atoms with E-state index in [-0.39, 0.29) is 17.9 Å². The van der Waals surface area contributed by atoms with Gasteiger partial charge in [-0.2, -0.15) is 0 Å². The summed E-state index contributed by atoms with van der Waals surface area (Å²) in [6.45, 7) is 5.03. The number of rotatable bonds is 6. The minimum absolute atomic E-state index is 0.0729. The van der Waals surface area contributed by atoms with Gasteiger partial charge in [-0.3, -0.25) is 9.59 Å². The normalized spacial score (nSPS) is 19.7. The molecule has 2 atom stereocenters. The van der Waals surface area contributed by atoms with Gasteiger partial charge in [0.2, 0.25) is 11.8 Å². The Balaban J connectivity index is 1.79. The SMILES string of the molecule is CC(=O)Nc1ccc(SC[C@H](C)CN2CC[C@H](O)CCC2=O)cc1. The van der Waals surface area contributed by atoms with E-state index in [2.05, 4.69) is 12.2 Å². The van der Waals surface area contributed by atoms with Gasteiger partial charge < -0.3 is 15.3 Å². The van der Waals surface area contributed by atoms with Crippen LogP contribution in [0, 0.1) is 5.92 Å². The van der Waals surface area contributed by atoms with Gasteiger partial charge in [-0.05, 0) is 43.0 Å². The Morgan fingerprint density at radius 3 is 2.75 bits per heavy atom. The van der Waals surface area contributed by atoms with Gasteiger partial charge in [0, 0.05) is 42.8 Å². The number of benzene rings is 1. The van der Waals surface area contributed by atoms with Gasteiger partial charge >= 0.3 is 0 Å². The van der Waals surface area contributed by atoms with Crippen LogP contribution in [0.25, 0.3) is 0 Å². The van der Waals surface area contributed by atoms with Crippen molar-refractivity contribution in [2.24, 2.45) is 5.92 Å². The topological polar surface area (TPSA) is 69.6 Å². The summed E-state index contributed by atoms with van der Waals surface area (Å²) in [5.74, 6) is 1.38. The van der Waals surface area contributed by atoms with E-state index in [1.165, 1.54) is 6.92 Å². The standard InChI is InChI=1S/C18H26N2O3S/c1-13(11-20-10-9-16(22)5-8-18(20)23)12-24-17-6-3-15(4-7-17)19-14(2)21/h3-4,6-7,13,16,22H,5,8-12H2,1-2H3,(H,19,21)/t13-,16-/m1/s1. The zero-order chi connectivity index (χ0) is 17.5. The Morgan fingerprint density at radius 1 is 1.38 bits per heavy atom. The van der Waals surface area contributed by atoms with Gasteiger partial charge in [0.05, 0.1) is 6.10 Å². The number of carbonyl (C=O) groups excluding carboxylic acids is 2. The molecule has 0 saturated carbocycles. The Kier molecular flexibility index (Phi) is 7.12. The van der Waals surface area contributed by atoms with Crippen molar-refractivity contribution in [1.29, 1.82) is 0 Å². The van der Waals surface area contributed by atoms with Gasteiger partial charge in [-0.1, -0.05) is 6.92 Å². The van der Waals surface area contributed by atoms with Crippen LogP contribution in [0.1, 0.15) is 33.1 Å². The van der Waals surface area contributed by atoms with Gasteiger partial charge in [0.25, 0.3) is 0 Å². The van der Waals surface area contributed by atoms with Gasteiger partial charge in [0.15, 0.2) is 0 Å². The average molecular weight is 350 g/mol. The summed E-state index contributed by atoms with van der Waals surface area (Å²) in [7, 11) is 0. The highest BCUT2D eigenvalue weighted by atomic mass is 32.2. The van der Waals surface area contributed by atoms with Gasteiger partial charge in [0.1, 0.15) is 0 Å². The molecule has 0 unspecified atom stereocenters. The molecule has 6 heteroatoms. The van der Waals surface area contributed by atoms with Crippen molar-refractivity contribution >= 4 is 29.3 Å². The Morgan fingerprint density at radius 2 is 2.08 bits per heavy atom. The monoisotopic (exact) mass is 350 g/mol.